The van der Waals surface area contributed by atoms with Crippen LogP contribution < -0.4 is 10.6 Å². The average molecular weight is 666 g/mol. The maximum Gasteiger partial charge on any atom is 0.410 e. The zero-order valence-corrected chi connectivity index (χ0v) is 27.3. The molecule has 250 valence electrons. The lowest BCUT2D eigenvalue weighted by Gasteiger charge is -2.27. The van der Waals surface area contributed by atoms with Crippen molar-refractivity contribution in [1.82, 2.24) is 15.5 Å². The van der Waals surface area contributed by atoms with Crippen molar-refractivity contribution in [2.75, 3.05) is 19.8 Å². The summed E-state index contributed by atoms with van der Waals surface area (Å²) in [6.07, 6.45) is 0.231. The first-order valence-electron chi connectivity index (χ1n) is 15.3. The summed E-state index contributed by atoms with van der Waals surface area (Å²) in [7, 11) is -3.69. The molecule has 13 heteroatoms. The summed E-state index contributed by atoms with van der Waals surface area (Å²) in [4.78, 5) is 53.7. The standard InChI is InChI=1S/C34H40N3O9P/c1-25(33(40)43-21-26-13-6-3-7-14-26)35-31(38)29(24-46-47(2,42)45-23-28-17-10-5-11-18-28)36-32(39)30-19-12-20-37(30)34(41)44-22-27-15-8-4-9-16-27/h3-11,13-18,25,29-30H,12,19-24H2,1-2H3,(H,35,38)(H,36,39)/t25-,29-,30+,47?/m0/s1. The average Bonchev–Trinajstić information content (AvgIpc) is 3.59. The van der Waals surface area contributed by atoms with Crippen LogP contribution in [0.25, 0.3) is 0 Å². The number of rotatable bonds is 15. The molecule has 0 saturated carbocycles. The lowest BCUT2D eigenvalue weighted by molar-refractivity contribution is -0.149. The molecule has 3 aromatic rings. The minimum absolute atomic E-state index is 0.00422. The van der Waals surface area contributed by atoms with Crippen molar-refractivity contribution in [3.63, 3.8) is 0 Å². The number of nitrogens with zero attached hydrogens (tertiary/aromatic N) is 1. The van der Waals surface area contributed by atoms with E-state index in [2.05, 4.69) is 10.6 Å². The molecule has 1 aliphatic rings. The minimum atomic E-state index is -3.69. The molecule has 0 aromatic heterocycles. The van der Waals surface area contributed by atoms with Gasteiger partial charge in [-0.15, -0.1) is 0 Å². The summed E-state index contributed by atoms with van der Waals surface area (Å²) in [6.45, 7) is 2.52. The molecule has 1 aliphatic heterocycles. The third kappa shape index (κ3) is 11.4. The second kappa shape index (κ2) is 17.4. The molecule has 1 unspecified atom stereocenters. The molecule has 4 rings (SSSR count). The van der Waals surface area contributed by atoms with Crippen LogP contribution >= 0.6 is 7.60 Å². The highest BCUT2D eigenvalue weighted by molar-refractivity contribution is 7.52. The van der Waals surface area contributed by atoms with Crippen LogP contribution in [0.4, 0.5) is 4.79 Å². The molecular formula is C34H40N3O9P. The summed E-state index contributed by atoms with van der Waals surface area (Å²) in [5.74, 6) is -2.09. The Morgan fingerprint density at radius 2 is 1.32 bits per heavy atom. The van der Waals surface area contributed by atoms with Gasteiger partial charge in [-0.2, -0.15) is 0 Å². The first kappa shape index (κ1) is 35.3. The fraction of sp³-hybridized carbons (Fsp3) is 0.353. The Morgan fingerprint density at radius 3 is 1.89 bits per heavy atom. The van der Waals surface area contributed by atoms with E-state index in [1.54, 1.807) is 24.3 Å². The van der Waals surface area contributed by atoms with E-state index in [0.717, 1.165) is 16.7 Å². The molecule has 0 bridgehead atoms. The van der Waals surface area contributed by atoms with Crippen molar-refractivity contribution >= 4 is 31.5 Å². The SMILES string of the molecule is C[C@H](NC(=O)[C@H](COP(C)(=O)OCc1ccccc1)NC(=O)[C@H]1CCCN1C(=O)OCc1ccccc1)C(=O)OCc1ccccc1. The second-order valence-electron chi connectivity index (χ2n) is 11.1. The van der Waals surface area contributed by atoms with Gasteiger partial charge in [0.1, 0.15) is 31.3 Å². The Balaban J connectivity index is 1.39. The second-order valence-corrected chi connectivity index (χ2v) is 13.2. The van der Waals surface area contributed by atoms with Crippen molar-refractivity contribution in [3.8, 4) is 0 Å². The molecule has 4 atom stereocenters. The topological polar surface area (TPSA) is 150 Å². The molecule has 47 heavy (non-hydrogen) atoms. The monoisotopic (exact) mass is 665 g/mol. The Kier molecular flexibility index (Phi) is 13.1. The van der Waals surface area contributed by atoms with Crippen LogP contribution in [0.15, 0.2) is 91.0 Å². The fourth-order valence-corrected chi connectivity index (χ4v) is 5.63. The maximum absolute atomic E-state index is 13.5. The van der Waals surface area contributed by atoms with Gasteiger partial charge in [-0.1, -0.05) is 91.0 Å². The summed E-state index contributed by atoms with van der Waals surface area (Å²) >= 11 is 0. The van der Waals surface area contributed by atoms with E-state index in [9.17, 15) is 23.7 Å². The molecule has 0 aliphatic carbocycles. The summed E-state index contributed by atoms with van der Waals surface area (Å²) in [5, 5.41) is 5.15. The van der Waals surface area contributed by atoms with Crippen LogP contribution in [0, 0.1) is 0 Å². The number of hydrogen-bond donors (Lipinski definition) is 2. The lowest BCUT2D eigenvalue weighted by atomic mass is 10.1. The minimum Gasteiger partial charge on any atom is -0.459 e. The fourth-order valence-electron chi connectivity index (χ4n) is 4.75. The smallest absolute Gasteiger partial charge is 0.410 e. The predicted molar refractivity (Wildman–Crippen MR) is 173 cm³/mol. The number of esters is 1. The highest BCUT2D eigenvalue weighted by atomic mass is 31.2. The van der Waals surface area contributed by atoms with Crippen molar-refractivity contribution in [2.45, 2.75) is 57.7 Å². The number of carbonyl (C=O) groups is 4. The van der Waals surface area contributed by atoms with E-state index in [1.165, 1.54) is 18.5 Å². The van der Waals surface area contributed by atoms with Gasteiger partial charge in [-0.05, 0) is 36.5 Å². The van der Waals surface area contributed by atoms with E-state index < -0.39 is 56.2 Å². The van der Waals surface area contributed by atoms with Gasteiger partial charge in [-0.3, -0.25) is 19.1 Å². The van der Waals surface area contributed by atoms with Gasteiger partial charge >= 0.3 is 19.7 Å². The third-order valence-electron chi connectivity index (χ3n) is 7.35. The third-order valence-corrected chi connectivity index (χ3v) is 8.56. The quantitative estimate of drug-likeness (QED) is 0.176. The first-order valence-corrected chi connectivity index (χ1v) is 17.3. The molecule has 1 heterocycles. The van der Waals surface area contributed by atoms with Crippen LogP contribution in [0.3, 0.4) is 0 Å². The first-order chi connectivity index (χ1) is 22.6. The summed E-state index contributed by atoms with van der Waals surface area (Å²) in [6, 6.07) is 23.9. The van der Waals surface area contributed by atoms with Crippen LogP contribution in [0.5, 0.6) is 0 Å². The van der Waals surface area contributed by atoms with Crippen molar-refractivity contribution < 1.29 is 42.3 Å². The Hall–Kier alpha value is -4.51. The largest absolute Gasteiger partial charge is 0.459 e. The van der Waals surface area contributed by atoms with Gasteiger partial charge in [0.25, 0.3) is 0 Å². The summed E-state index contributed by atoms with van der Waals surface area (Å²) in [5.41, 5.74) is 2.34. The number of benzene rings is 3. The van der Waals surface area contributed by atoms with Crippen LogP contribution in [-0.2, 0) is 57.3 Å². The number of amides is 3. The van der Waals surface area contributed by atoms with Gasteiger partial charge in [0, 0.05) is 13.2 Å². The Bertz CT molecular complexity index is 1530. The van der Waals surface area contributed by atoms with Crippen LogP contribution in [0.1, 0.15) is 36.5 Å². The van der Waals surface area contributed by atoms with E-state index in [-0.39, 0.29) is 19.8 Å². The number of carbonyl (C=O) groups excluding carboxylic acids is 4. The molecule has 2 N–H and O–H groups in total. The lowest BCUT2D eigenvalue weighted by Crippen LogP contribution is -2.56. The van der Waals surface area contributed by atoms with Gasteiger partial charge < -0.3 is 29.2 Å². The molecule has 1 saturated heterocycles. The van der Waals surface area contributed by atoms with Crippen molar-refractivity contribution in [1.29, 1.82) is 0 Å². The molecule has 0 spiro atoms. The van der Waals surface area contributed by atoms with E-state index in [1.807, 2.05) is 66.7 Å². The molecule has 1 fully saturated rings. The number of nitrogens with one attached hydrogen (secondary N) is 2. The van der Waals surface area contributed by atoms with Crippen LogP contribution in [0.2, 0.25) is 0 Å². The zero-order chi connectivity index (χ0) is 33.6. The van der Waals surface area contributed by atoms with Gasteiger partial charge in [0.2, 0.25) is 11.8 Å². The molecule has 3 aromatic carbocycles. The van der Waals surface area contributed by atoms with Crippen molar-refractivity contribution in [2.24, 2.45) is 0 Å². The number of likely N-dealkylation sites (tertiary alicyclic amines) is 1. The van der Waals surface area contributed by atoms with Gasteiger partial charge in [0.15, 0.2) is 0 Å². The maximum atomic E-state index is 13.5. The summed E-state index contributed by atoms with van der Waals surface area (Å²) < 4.78 is 34.9. The normalized spacial score (nSPS) is 16.7. The van der Waals surface area contributed by atoms with Gasteiger partial charge in [0.05, 0.1) is 13.2 Å². The van der Waals surface area contributed by atoms with E-state index in [4.69, 9.17) is 18.5 Å². The number of hydrogen-bond acceptors (Lipinski definition) is 9. The predicted octanol–water partition coefficient (Wildman–Crippen LogP) is 4.58. The van der Waals surface area contributed by atoms with E-state index >= 15 is 0 Å². The Labute approximate surface area is 274 Å². The molecule has 3 amide bonds. The van der Waals surface area contributed by atoms with Crippen LogP contribution in [-0.4, -0.2) is 66.7 Å². The number of ether oxygens (including phenoxy) is 2. The highest BCUT2D eigenvalue weighted by Crippen LogP contribution is 2.44. The Morgan fingerprint density at radius 1 is 0.787 bits per heavy atom. The van der Waals surface area contributed by atoms with Gasteiger partial charge in [-0.25, -0.2) is 9.59 Å². The zero-order valence-electron chi connectivity index (χ0n) is 26.4. The molecule has 0 radical (unpaired) electrons. The van der Waals surface area contributed by atoms with Crippen molar-refractivity contribution in [3.05, 3.63) is 108 Å². The molecular weight excluding hydrogens is 625 g/mol. The highest BCUT2D eigenvalue weighted by Gasteiger charge is 2.38. The molecule has 12 nitrogen and oxygen atoms in total. The van der Waals surface area contributed by atoms with E-state index in [0.29, 0.717) is 19.4 Å².